The number of anilines is 3. The van der Waals surface area contributed by atoms with Crippen molar-refractivity contribution in [2.24, 2.45) is 0 Å². The van der Waals surface area contributed by atoms with Gasteiger partial charge in [0.2, 0.25) is 5.95 Å². The third-order valence-corrected chi connectivity index (χ3v) is 5.73. The summed E-state index contributed by atoms with van der Waals surface area (Å²) in [6, 6.07) is 12.5. The van der Waals surface area contributed by atoms with Gasteiger partial charge in [0.15, 0.2) is 5.82 Å². The highest BCUT2D eigenvalue weighted by Gasteiger charge is 2.19. The molecule has 29 heavy (non-hydrogen) atoms. The van der Waals surface area contributed by atoms with Crippen molar-refractivity contribution in [1.29, 1.82) is 0 Å². The highest BCUT2D eigenvalue weighted by Crippen LogP contribution is 2.34. The van der Waals surface area contributed by atoms with Gasteiger partial charge >= 0.3 is 0 Å². The molecule has 1 saturated carbocycles. The van der Waals surface area contributed by atoms with E-state index in [0.717, 1.165) is 17.2 Å². The summed E-state index contributed by atoms with van der Waals surface area (Å²) < 4.78 is 0. The number of hydrogen-bond acceptors (Lipinski definition) is 5. The van der Waals surface area contributed by atoms with Crippen LogP contribution in [-0.2, 0) is 0 Å². The van der Waals surface area contributed by atoms with Crippen LogP contribution in [0.2, 0.25) is 0 Å². The molecule has 7 heteroatoms. The van der Waals surface area contributed by atoms with Gasteiger partial charge in [-0.05, 0) is 55.0 Å². The Hall–Kier alpha value is -3.35. The van der Waals surface area contributed by atoms with E-state index in [1.54, 1.807) is 6.20 Å². The van der Waals surface area contributed by atoms with Crippen LogP contribution in [0.25, 0.3) is 10.9 Å². The summed E-state index contributed by atoms with van der Waals surface area (Å²) in [6.07, 6.45) is 8.82. The minimum Gasteiger partial charge on any atom is -0.361 e. The molecule has 4 N–H and O–H groups in total. The van der Waals surface area contributed by atoms with Crippen LogP contribution < -0.4 is 10.6 Å². The number of aromatic nitrogens is 5. The normalized spacial score (nSPS) is 15.6. The molecule has 0 spiro atoms. The quantitative estimate of drug-likeness (QED) is 0.362. The molecule has 4 aromatic rings. The number of hydrogen-bond donors (Lipinski definition) is 4. The third-order valence-electron chi connectivity index (χ3n) is 5.73. The van der Waals surface area contributed by atoms with Gasteiger partial charge in [-0.1, -0.05) is 18.9 Å². The highest BCUT2D eigenvalue weighted by atomic mass is 15.2. The van der Waals surface area contributed by atoms with Gasteiger partial charge in [0.05, 0.1) is 6.04 Å². The fourth-order valence-corrected chi connectivity index (χ4v) is 4.09. The standard InChI is InChI=1S/C22H25N7/c1-14(16-6-7-18-17(12-16)8-10-23-18)25-22-24-11-9-20(27-22)26-21-13-19(28-29-21)15-4-2-3-5-15/h6-15,23H,2-5H2,1H3,(H3,24,25,26,27,28,29). The van der Waals surface area contributed by atoms with E-state index in [-0.39, 0.29) is 6.04 Å². The lowest BCUT2D eigenvalue weighted by molar-refractivity contribution is 0.693. The SMILES string of the molecule is CC(Nc1nccc(Nc2cc(C3CCCC3)[nH]n2)n1)c1ccc2[nH]ccc2c1. The summed E-state index contributed by atoms with van der Waals surface area (Å²) >= 11 is 0. The topological polar surface area (TPSA) is 94.3 Å². The third kappa shape index (κ3) is 3.81. The Balaban J connectivity index is 1.28. The van der Waals surface area contributed by atoms with Gasteiger partial charge in [-0.25, -0.2) is 4.98 Å². The predicted octanol–water partition coefficient (Wildman–Crippen LogP) is 5.26. The van der Waals surface area contributed by atoms with Crippen molar-refractivity contribution in [3.05, 3.63) is 60.0 Å². The first kappa shape index (κ1) is 17.7. The molecule has 3 heterocycles. The summed E-state index contributed by atoms with van der Waals surface area (Å²) in [6.45, 7) is 2.11. The van der Waals surface area contributed by atoms with Crippen LogP contribution in [0.15, 0.2) is 48.8 Å². The van der Waals surface area contributed by atoms with Gasteiger partial charge in [0.1, 0.15) is 5.82 Å². The second kappa shape index (κ2) is 7.58. The molecule has 0 amide bonds. The molecule has 0 bridgehead atoms. The molecule has 1 aromatic carbocycles. The molecule has 3 aromatic heterocycles. The van der Waals surface area contributed by atoms with Crippen molar-refractivity contribution in [2.75, 3.05) is 10.6 Å². The van der Waals surface area contributed by atoms with Crippen molar-refractivity contribution in [3.8, 4) is 0 Å². The largest absolute Gasteiger partial charge is 0.361 e. The van der Waals surface area contributed by atoms with Crippen molar-refractivity contribution in [2.45, 2.75) is 44.6 Å². The number of fused-ring (bicyclic) bond motifs is 1. The average Bonchev–Trinajstić information content (AvgIpc) is 3.48. The molecule has 1 aliphatic carbocycles. The second-order valence-electron chi connectivity index (χ2n) is 7.77. The monoisotopic (exact) mass is 387 g/mol. The molecule has 0 radical (unpaired) electrons. The molecule has 7 nitrogen and oxygen atoms in total. The zero-order valence-electron chi connectivity index (χ0n) is 16.4. The van der Waals surface area contributed by atoms with Crippen LogP contribution in [0.4, 0.5) is 17.6 Å². The maximum atomic E-state index is 4.60. The van der Waals surface area contributed by atoms with E-state index in [2.05, 4.69) is 73.0 Å². The minimum absolute atomic E-state index is 0.0869. The number of nitrogens with zero attached hydrogens (tertiary/aromatic N) is 3. The summed E-state index contributed by atoms with van der Waals surface area (Å²) in [5, 5.41) is 15.4. The van der Waals surface area contributed by atoms with E-state index in [1.807, 2.05) is 12.3 Å². The van der Waals surface area contributed by atoms with E-state index < -0.39 is 0 Å². The molecule has 1 aliphatic rings. The van der Waals surface area contributed by atoms with Gasteiger partial charge in [0.25, 0.3) is 0 Å². The maximum absolute atomic E-state index is 4.60. The summed E-state index contributed by atoms with van der Waals surface area (Å²) in [5.41, 5.74) is 3.54. The Kier molecular flexibility index (Phi) is 4.63. The molecule has 1 atom stereocenters. The zero-order valence-corrected chi connectivity index (χ0v) is 16.4. The number of benzene rings is 1. The smallest absolute Gasteiger partial charge is 0.225 e. The van der Waals surface area contributed by atoms with Crippen LogP contribution in [0.3, 0.4) is 0 Å². The van der Waals surface area contributed by atoms with E-state index >= 15 is 0 Å². The van der Waals surface area contributed by atoms with Crippen molar-refractivity contribution >= 4 is 28.5 Å². The molecule has 5 rings (SSSR count). The van der Waals surface area contributed by atoms with Crippen LogP contribution in [0.5, 0.6) is 0 Å². The summed E-state index contributed by atoms with van der Waals surface area (Å²) in [4.78, 5) is 12.2. The van der Waals surface area contributed by atoms with Crippen LogP contribution in [-0.4, -0.2) is 25.1 Å². The van der Waals surface area contributed by atoms with Crippen molar-refractivity contribution in [3.63, 3.8) is 0 Å². The molecular weight excluding hydrogens is 362 g/mol. The lowest BCUT2D eigenvalue weighted by Crippen LogP contribution is -2.10. The molecule has 0 aliphatic heterocycles. The second-order valence-corrected chi connectivity index (χ2v) is 7.77. The van der Waals surface area contributed by atoms with Gasteiger partial charge in [-0.3, -0.25) is 5.10 Å². The summed E-state index contributed by atoms with van der Waals surface area (Å²) in [7, 11) is 0. The summed E-state index contributed by atoms with van der Waals surface area (Å²) in [5.74, 6) is 2.71. The van der Waals surface area contributed by atoms with Crippen LogP contribution in [0, 0.1) is 0 Å². The van der Waals surface area contributed by atoms with Crippen LogP contribution in [0.1, 0.15) is 55.8 Å². The van der Waals surface area contributed by atoms with Gasteiger partial charge in [0, 0.05) is 35.6 Å². The Labute approximate surface area is 169 Å². The maximum Gasteiger partial charge on any atom is 0.225 e. The predicted molar refractivity (Wildman–Crippen MR) is 115 cm³/mol. The van der Waals surface area contributed by atoms with E-state index in [1.165, 1.54) is 42.3 Å². The van der Waals surface area contributed by atoms with Crippen LogP contribution >= 0.6 is 0 Å². The Bertz CT molecular complexity index is 1110. The number of nitrogens with one attached hydrogen (secondary N) is 4. The van der Waals surface area contributed by atoms with E-state index in [9.17, 15) is 0 Å². The molecule has 1 unspecified atom stereocenters. The van der Waals surface area contributed by atoms with Crippen molar-refractivity contribution < 1.29 is 0 Å². The molecule has 148 valence electrons. The minimum atomic E-state index is 0.0869. The lowest BCUT2D eigenvalue weighted by Gasteiger charge is -2.15. The first-order valence-electron chi connectivity index (χ1n) is 10.2. The first-order chi connectivity index (χ1) is 14.2. The van der Waals surface area contributed by atoms with Gasteiger partial charge in [-0.15, -0.1) is 0 Å². The molecular formula is C22H25N7. The average molecular weight is 387 g/mol. The van der Waals surface area contributed by atoms with Gasteiger partial charge < -0.3 is 15.6 Å². The lowest BCUT2D eigenvalue weighted by atomic mass is 10.0. The Morgan fingerprint density at radius 1 is 1.07 bits per heavy atom. The zero-order chi connectivity index (χ0) is 19.6. The molecule has 0 saturated heterocycles. The number of H-pyrrole nitrogens is 2. The number of rotatable bonds is 6. The molecule has 1 fully saturated rings. The van der Waals surface area contributed by atoms with Gasteiger partial charge in [-0.2, -0.15) is 10.1 Å². The fraction of sp³-hybridized carbons (Fsp3) is 0.318. The Morgan fingerprint density at radius 3 is 2.86 bits per heavy atom. The van der Waals surface area contributed by atoms with E-state index in [0.29, 0.717) is 11.9 Å². The first-order valence-corrected chi connectivity index (χ1v) is 10.2. The highest BCUT2D eigenvalue weighted by molar-refractivity contribution is 5.80. The van der Waals surface area contributed by atoms with Crippen molar-refractivity contribution in [1.82, 2.24) is 25.1 Å². The fourth-order valence-electron chi connectivity index (χ4n) is 4.09. The van der Waals surface area contributed by atoms with E-state index in [4.69, 9.17) is 0 Å². The Morgan fingerprint density at radius 2 is 1.97 bits per heavy atom. The number of aromatic amines is 2.